The number of nitrogens with one attached hydrogen (secondary N) is 1. The number of sulfonamides is 1. The summed E-state index contributed by atoms with van der Waals surface area (Å²) in [6.07, 6.45) is 3.34. The van der Waals surface area contributed by atoms with Crippen LogP contribution in [0.4, 0.5) is 0 Å². The van der Waals surface area contributed by atoms with Crippen LogP contribution in [-0.2, 0) is 16.4 Å². The van der Waals surface area contributed by atoms with Crippen LogP contribution in [0.2, 0.25) is 0 Å². The molecule has 0 saturated carbocycles. The van der Waals surface area contributed by atoms with Gasteiger partial charge in [0.1, 0.15) is 0 Å². The molecule has 0 spiro atoms. The maximum atomic E-state index is 12.4. The van der Waals surface area contributed by atoms with Crippen molar-refractivity contribution >= 4 is 10.0 Å². The second kappa shape index (κ2) is 7.20. The van der Waals surface area contributed by atoms with Gasteiger partial charge in [-0.15, -0.1) is 0 Å². The predicted octanol–water partition coefficient (Wildman–Crippen LogP) is 2.43. The van der Waals surface area contributed by atoms with E-state index in [1.807, 2.05) is 26.0 Å². The van der Waals surface area contributed by atoms with Gasteiger partial charge in [-0.05, 0) is 50.4 Å². The monoisotopic (exact) mass is 298 g/mol. The summed E-state index contributed by atoms with van der Waals surface area (Å²) in [6, 6.07) is 7.10. The molecule has 5 heteroatoms. The van der Waals surface area contributed by atoms with Crippen LogP contribution in [0.25, 0.3) is 0 Å². The Hall–Kier alpha value is -0.910. The maximum Gasteiger partial charge on any atom is 0.241 e. The summed E-state index contributed by atoms with van der Waals surface area (Å²) in [5.41, 5.74) is 6.23. The number of benzene rings is 1. The van der Waals surface area contributed by atoms with E-state index in [1.165, 1.54) is 0 Å². The largest absolute Gasteiger partial charge is 0.330 e. The fourth-order valence-corrected chi connectivity index (χ4v) is 3.63. The van der Waals surface area contributed by atoms with Crippen molar-refractivity contribution in [3.63, 3.8) is 0 Å². The van der Waals surface area contributed by atoms with Gasteiger partial charge in [-0.2, -0.15) is 0 Å². The molecule has 3 N–H and O–H groups in total. The van der Waals surface area contributed by atoms with Gasteiger partial charge >= 0.3 is 0 Å². The lowest BCUT2D eigenvalue weighted by atomic mass is 9.96. The number of hydrogen-bond acceptors (Lipinski definition) is 3. The zero-order valence-electron chi connectivity index (χ0n) is 12.6. The number of rotatable bonds is 8. The third kappa shape index (κ3) is 4.58. The molecule has 0 amide bonds. The molecule has 0 fully saturated rings. The summed E-state index contributed by atoms with van der Waals surface area (Å²) < 4.78 is 27.6. The molecule has 0 bridgehead atoms. The minimum atomic E-state index is -3.49. The van der Waals surface area contributed by atoms with Crippen LogP contribution < -0.4 is 10.5 Å². The van der Waals surface area contributed by atoms with E-state index in [9.17, 15) is 8.42 Å². The fraction of sp³-hybridized carbons (Fsp3) is 0.600. The molecule has 114 valence electrons. The van der Waals surface area contributed by atoms with E-state index in [4.69, 9.17) is 5.73 Å². The molecule has 1 unspecified atom stereocenters. The normalized spacial score (nSPS) is 15.0. The number of nitrogens with two attached hydrogens (primary N) is 1. The predicted molar refractivity (Wildman–Crippen MR) is 83.1 cm³/mol. The first kappa shape index (κ1) is 17.1. The highest BCUT2D eigenvalue weighted by Crippen LogP contribution is 2.19. The molecule has 20 heavy (non-hydrogen) atoms. The minimum absolute atomic E-state index is 0.314. The van der Waals surface area contributed by atoms with Crippen molar-refractivity contribution in [2.75, 3.05) is 6.54 Å². The van der Waals surface area contributed by atoms with E-state index < -0.39 is 15.6 Å². The van der Waals surface area contributed by atoms with Crippen LogP contribution in [0, 0.1) is 0 Å². The molecule has 0 aliphatic heterocycles. The lowest BCUT2D eigenvalue weighted by Gasteiger charge is -2.28. The van der Waals surface area contributed by atoms with Crippen molar-refractivity contribution in [2.24, 2.45) is 5.73 Å². The standard InChI is InChI=1S/C15H26N2O2S/c1-4-6-13-7-9-14(10-8-13)20(18,19)17-15(3,5-2)11-12-16/h7-10,17H,4-6,11-12,16H2,1-3H3. The molecule has 1 atom stereocenters. The van der Waals surface area contributed by atoms with Crippen molar-refractivity contribution in [1.82, 2.24) is 4.72 Å². The maximum absolute atomic E-state index is 12.4. The smallest absolute Gasteiger partial charge is 0.241 e. The molecule has 0 heterocycles. The Morgan fingerprint density at radius 3 is 2.25 bits per heavy atom. The number of hydrogen-bond donors (Lipinski definition) is 2. The zero-order chi connectivity index (χ0) is 15.2. The first-order chi connectivity index (χ1) is 9.37. The van der Waals surface area contributed by atoms with Crippen LogP contribution in [-0.4, -0.2) is 20.5 Å². The van der Waals surface area contributed by atoms with Gasteiger partial charge in [0.2, 0.25) is 10.0 Å². The Morgan fingerprint density at radius 1 is 1.20 bits per heavy atom. The van der Waals surface area contributed by atoms with Gasteiger partial charge < -0.3 is 5.73 Å². The highest BCUT2D eigenvalue weighted by Gasteiger charge is 2.28. The van der Waals surface area contributed by atoms with Crippen molar-refractivity contribution in [3.05, 3.63) is 29.8 Å². The molecule has 1 aromatic rings. The van der Waals surface area contributed by atoms with Gasteiger partial charge in [0.05, 0.1) is 4.90 Å². The van der Waals surface area contributed by atoms with Gasteiger partial charge in [0.15, 0.2) is 0 Å². The van der Waals surface area contributed by atoms with E-state index >= 15 is 0 Å². The molecule has 1 rings (SSSR count). The molecular weight excluding hydrogens is 272 g/mol. The Labute approximate surface area is 122 Å². The number of aryl methyl sites for hydroxylation is 1. The van der Waals surface area contributed by atoms with Crippen LogP contribution in [0.3, 0.4) is 0 Å². The second-order valence-electron chi connectivity index (χ2n) is 5.45. The molecule has 0 aliphatic rings. The lowest BCUT2D eigenvalue weighted by molar-refractivity contribution is 0.379. The average Bonchev–Trinajstić information content (AvgIpc) is 2.39. The van der Waals surface area contributed by atoms with E-state index in [1.54, 1.807) is 12.1 Å². The molecule has 1 aromatic carbocycles. The summed E-state index contributed by atoms with van der Waals surface area (Å²) in [4.78, 5) is 0.314. The SMILES string of the molecule is CCCc1ccc(S(=O)(=O)NC(C)(CC)CCN)cc1. The fourth-order valence-electron chi connectivity index (χ4n) is 2.13. The lowest BCUT2D eigenvalue weighted by Crippen LogP contribution is -2.46. The summed E-state index contributed by atoms with van der Waals surface area (Å²) in [5, 5.41) is 0. The second-order valence-corrected chi connectivity index (χ2v) is 7.13. The third-order valence-corrected chi connectivity index (χ3v) is 5.28. The van der Waals surface area contributed by atoms with Crippen molar-refractivity contribution in [1.29, 1.82) is 0 Å². The van der Waals surface area contributed by atoms with Crippen LogP contribution in [0.5, 0.6) is 0 Å². The average molecular weight is 298 g/mol. The van der Waals surface area contributed by atoms with E-state index in [0.717, 1.165) is 18.4 Å². The highest BCUT2D eigenvalue weighted by molar-refractivity contribution is 7.89. The summed E-state index contributed by atoms with van der Waals surface area (Å²) in [5.74, 6) is 0. The molecular formula is C15H26N2O2S. The van der Waals surface area contributed by atoms with Gasteiger partial charge in [-0.25, -0.2) is 13.1 Å². The Bertz CT molecular complexity index is 511. The third-order valence-electron chi connectivity index (χ3n) is 3.63. The quantitative estimate of drug-likeness (QED) is 0.774. The molecule has 4 nitrogen and oxygen atoms in total. The highest BCUT2D eigenvalue weighted by atomic mass is 32.2. The summed E-state index contributed by atoms with van der Waals surface area (Å²) >= 11 is 0. The molecule has 0 radical (unpaired) electrons. The molecule has 0 aliphatic carbocycles. The van der Waals surface area contributed by atoms with Gasteiger partial charge in [0, 0.05) is 5.54 Å². The van der Waals surface area contributed by atoms with Crippen molar-refractivity contribution in [2.45, 2.75) is 56.9 Å². The van der Waals surface area contributed by atoms with E-state index in [-0.39, 0.29) is 0 Å². The molecule has 0 aromatic heterocycles. The first-order valence-electron chi connectivity index (χ1n) is 7.20. The topological polar surface area (TPSA) is 72.2 Å². The van der Waals surface area contributed by atoms with Gasteiger partial charge in [-0.1, -0.05) is 32.4 Å². The Kier molecular flexibility index (Phi) is 6.17. The van der Waals surface area contributed by atoms with Crippen molar-refractivity contribution < 1.29 is 8.42 Å². The Balaban J connectivity index is 2.92. The van der Waals surface area contributed by atoms with Crippen LogP contribution in [0.1, 0.15) is 45.6 Å². The van der Waals surface area contributed by atoms with Gasteiger partial charge in [-0.3, -0.25) is 0 Å². The van der Waals surface area contributed by atoms with Crippen LogP contribution >= 0.6 is 0 Å². The Morgan fingerprint density at radius 2 is 1.80 bits per heavy atom. The molecule has 0 saturated heterocycles. The van der Waals surface area contributed by atoms with E-state index in [0.29, 0.717) is 24.3 Å². The van der Waals surface area contributed by atoms with Crippen molar-refractivity contribution in [3.8, 4) is 0 Å². The van der Waals surface area contributed by atoms with Gasteiger partial charge in [0.25, 0.3) is 0 Å². The minimum Gasteiger partial charge on any atom is -0.330 e. The van der Waals surface area contributed by atoms with E-state index in [2.05, 4.69) is 11.6 Å². The zero-order valence-corrected chi connectivity index (χ0v) is 13.5. The summed E-state index contributed by atoms with van der Waals surface area (Å²) in [7, 11) is -3.49. The summed E-state index contributed by atoms with van der Waals surface area (Å²) in [6.45, 7) is 6.42. The van der Waals surface area contributed by atoms with Crippen LogP contribution in [0.15, 0.2) is 29.2 Å². The first-order valence-corrected chi connectivity index (χ1v) is 8.68.